The molecule has 0 aromatic carbocycles. The third-order valence-corrected chi connectivity index (χ3v) is 2.00. The summed E-state index contributed by atoms with van der Waals surface area (Å²) in [5.41, 5.74) is 0. The van der Waals surface area contributed by atoms with Crippen molar-refractivity contribution in [1.82, 2.24) is 0 Å². The summed E-state index contributed by atoms with van der Waals surface area (Å²) in [4.78, 5) is 0. The minimum atomic E-state index is -0.508. The normalized spacial score (nSPS) is 49.2. The second-order valence-electron chi connectivity index (χ2n) is 2.92. The molecule has 1 heterocycles. The lowest BCUT2D eigenvalue weighted by molar-refractivity contribution is -0.155. The van der Waals surface area contributed by atoms with Crippen LogP contribution < -0.4 is 0 Å². The van der Waals surface area contributed by atoms with Gasteiger partial charge < -0.3 is 14.9 Å². The average Bonchev–Trinajstić information content (AvgIpc) is 1.84. The van der Waals surface area contributed by atoms with Crippen molar-refractivity contribution in [2.24, 2.45) is 0 Å². The molecule has 1 fully saturated rings. The van der Waals surface area contributed by atoms with Crippen molar-refractivity contribution in [1.29, 1.82) is 0 Å². The quantitative estimate of drug-likeness (QED) is 0.502. The molecule has 0 bridgehead atoms. The molecule has 0 aromatic rings. The van der Waals surface area contributed by atoms with Crippen LogP contribution in [0.1, 0.15) is 20.3 Å². The van der Waals surface area contributed by atoms with E-state index >= 15 is 0 Å². The smallest absolute Gasteiger partial charge is 0.0824 e. The summed E-state index contributed by atoms with van der Waals surface area (Å²) in [6.07, 6.45) is -0.864. The van der Waals surface area contributed by atoms with Crippen LogP contribution in [-0.4, -0.2) is 34.6 Å². The van der Waals surface area contributed by atoms with Crippen LogP contribution in [0.3, 0.4) is 0 Å². The fourth-order valence-electron chi connectivity index (χ4n) is 1.15. The van der Waals surface area contributed by atoms with E-state index in [9.17, 15) is 10.2 Å². The molecule has 0 amide bonds. The highest BCUT2D eigenvalue weighted by Crippen LogP contribution is 2.19. The van der Waals surface area contributed by atoms with Gasteiger partial charge in [-0.25, -0.2) is 0 Å². The fourth-order valence-corrected chi connectivity index (χ4v) is 1.15. The van der Waals surface area contributed by atoms with Crippen LogP contribution in [0.4, 0.5) is 0 Å². The Bertz CT molecular complexity index is 89.4. The van der Waals surface area contributed by atoms with E-state index in [-0.39, 0.29) is 12.2 Å². The number of aliphatic hydroxyl groups is 2. The molecule has 60 valence electrons. The zero-order chi connectivity index (χ0) is 7.72. The van der Waals surface area contributed by atoms with Gasteiger partial charge in [-0.05, 0) is 13.8 Å². The minimum Gasteiger partial charge on any atom is -0.390 e. The first-order chi connectivity index (χ1) is 4.61. The van der Waals surface area contributed by atoms with Crippen LogP contribution in [0, 0.1) is 0 Å². The zero-order valence-corrected chi connectivity index (χ0v) is 6.32. The van der Waals surface area contributed by atoms with Gasteiger partial charge in [-0.15, -0.1) is 0 Å². The lowest BCUT2D eigenvalue weighted by atomic mass is 10.0. The van der Waals surface area contributed by atoms with Crippen molar-refractivity contribution < 1.29 is 14.9 Å². The maximum absolute atomic E-state index is 9.18. The predicted octanol–water partition coefficient (Wildman–Crippen LogP) is -0.0945. The average molecular weight is 146 g/mol. The van der Waals surface area contributed by atoms with Crippen molar-refractivity contribution in [3.05, 3.63) is 0 Å². The minimum absolute atomic E-state index is 0.140. The molecule has 1 aliphatic heterocycles. The largest absolute Gasteiger partial charge is 0.390 e. The molecule has 2 N–H and O–H groups in total. The van der Waals surface area contributed by atoms with Crippen LogP contribution in [0.5, 0.6) is 0 Å². The van der Waals surface area contributed by atoms with E-state index in [2.05, 4.69) is 0 Å². The first-order valence-electron chi connectivity index (χ1n) is 3.63. The second-order valence-corrected chi connectivity index (χ2v) is 2.92. The van der Waals surface area contributed by atoms with Gasteiger partial charge in [-0.1, -0.05) is 0 Å². The molecule has 4 atom stereocenters. The molecule has 0 radical (unpaired) electrons. The van der Waals surface area contributed by atoms with Crippen LogP contribution >= 0.6 is 0 Å². The molecule has 0 spiro atoms. The standard InChI is InChI=1S/C7H14O3/c1-4-6(8)3-7(9)5(2)10-4/h4-9H,3H2,1-2H3/t4-,5+,6+,7-. The van der Waals surface area contributed by atoms with Gasteiger partial charge in [0.25, 0.3) is 0 Å². The Balaban J connectivity index is 2.46. The van der Waals surface area contributed by atoms with Gasteiger partial charge in [0.1, 0.15) is 0 Å². The lowest BCUT2D eigenvalue weighted by Gasteiger charge is -2.33. The van der Waals surface area contributed by atoms with Crippen LogP contribution in [-0.2, 0) is 4.74 Å². The van der Waals surface area contributed by atoms with Crippen LogP contribution in [0.25, 0.3) is 0 Å². The van der Waals surface area contributed by atoms with Crippen molar-refractivity contribution in [2.45, 2.75) is 44.7 Å². The third-order valence-electron chi connectivity index (χ3n) is 2.00. The Morgan fingerprint density at radius 3 is 1.80 bits per heavy atom. The Kier molecular flexibility index (Phi) is 2.28. The van der Waals surface area contributed by atoms with Crippen molar-refractivity contribution in [3.8, 4) is 0 Å². The Morgan fingerprint density at radius 1 is 1.10 bits per heavy atom. The molecule has 0 unspecified atom stereocenters. The molecule has 0 aliphatic carbocycles. The van der Waals surface area contributed by atoms with E-state index in [4.69, 9.17) is 4.74 Å². The summed E-state index contributed by atoms with van der Waals surface area (Å²) < 4.78 is 5.21. The molecule has 1 rings (SSSR count). The van der Waals surface area contributed by atoms with Crippen molar-refractivity contribution in [3.63, 3.8) is 0 Å². The summed E-state index contributed by atoms with van der Waals surface area (Å²) in [5.74, 6) is 0. The Morgan fingerprint density at radius 2 is 1.50 bits per heavy atom. The monoisotopic (exact) mass is 146 g/mol. The second kappa shape index (κ2) is 2.86. The van der Waals surface area contributed by atoms with Gasteiger partial charge in [-0.2, -0.15) is 0 Å². The van der Waals surface area contributed by atoms with E-state index in [1.54, 1.807) is 0 Å². The highest BCUT2D eigenvalue weighted by molar-refractivity contribution is 4.79. The maximum Gasteiger partial charge on any atom is 0.0824 e. The van der Waals surface area contributed by atoms with E-state index in [1.807, 2.05) is 13.8 Å². The predicted molar refractivity (Wildman–Crippen MR) is 36.6 cm³/mol. The maximum atomic E-state index is 9.18. The topological polar surface area (TPSA) is 49.7 Å². The summed E-state index contributed by atoms with van der Waals surface area (Å²) >= 11 is 0. The summed E-state index contributed by atoms with van der Waals surface area (Å²) in [7, 11) is 0. The molecule has 0 saturated carbocycles. The molecular weight excluding hydrogens is 132 g/mol. The van der Waals surface area contributed by atoms with Crippen LogP contribution in [0.2, 0.25) is 0 Å². The first-order valence-corrected chi connectivity index (χ1v) is 3.63. The number of rotatable bonds is 0. The van der Waals surface area contributed by atoms with Gasteiger partial charge in [0.15, 0.2) is 0 Å². The summed E-state index contributed by atoms with van der Waals surface area (Å²) in [6, 6.07) is 0. The van der Waals surface area contributed by atoms with Crippen LogP contribution in [0.15, 0.2) is 0 Å². The molecule has 1 saturated heterocycles. The van der Waals surface area contributed by atoms with E-state index in [0.29, 0.717) is 6.42 Å². The van der Waals surface area contributed by atoms with Crippen molar-refractivity contribution >= 4 is 0 Å². The SMILES string of the molecule is C[C@@H]1O[C@H](C)[C@@H](O)C[C@H]1O. The molecular formula is C7H14O3. The van der Waals surface area contributed by atoms with Gasteiger partial charge in [0, 0.05) is 6.42 Å². The van der Waals surface area contributed by atoms with Gasteiger partial charge in [0.2, 0.25) is 0 Å². The molecule has 10 heavy (non-hydrogen) atoms. The van der Waals surface area contributed by atoms with Crippen molar-refractivity contribution in [2.75, 3.05) is 0 Å². The molecule has 3 heteroatoms. The Labute approximate surface area is 60.6 Å². The third kappa shape index (κ3) is 1.48. The molecule has 1 aliphatic rings. The fraction of sp³-hybridized carbons (Fsp3) is 1.00. The zero-order valence-electron chi connectivity index (χ0n) is 6.32. The van der Waals surface area contributed by atoms with E-state index in [0.717, 1.165) is 0 Å². The lowest BCUT2D eigenvalue weighted by Crippen LogP contribution is -2.44. The van der Waals surface area contributed by atoms with Gasteiger partial charge >= 0.3 is 0 Å². The highest BCUT2D eigenvalue weighted by Gasteiger charge is 2.30. The van der Waals surface area contributed by atoms with Gasteiger partial charge in [-0.3, -0.25) is 0 Å². The number of ether oxygens (including phenoxy) is 1. The Hall–Kier alpha value is -0.120. The number of aliphatic hydroxyl groups excluding tert-OH is 2. The first kappa shape index (κ1) is 7.98. The highest BCUT2D eigenvalue weighted by atomic mass is 16.5. The summed E-state index contributed by atoms with van der Waals surface area (Å²) in [5, 5.41) is 18.4. The molecule has 3 nitrogen and oxygen atoms in total. The number of hydrogen-bond acceptors (Lipinski definition) is 3. The number of hydrogen-bond donors (Lipinski definition) is 2. The molecule has 0 aromatic heterocycles. The van der Waals surface area contributed by atoms with Gasteiger partial charge in [0.05, 0.1) is 24.4 Å². The summed E-state index contributed by atoms with van der Waals surface area (Å²) in [6.45, 7) is 3.63. The van der Waals surface area contributed by atoms with E-state index < -0.39 is 12.2 Å². The van der Waals surface area contributed by atoms with E-state index in [1.165, 1.54) is 0 Å².